The third kappa shape index (κ3) is 2.99. The van der Waals surface area contributed by atoms with Crippen LogP contribution in [0.4, 0.5) is 11.6 Å². The fourth-order valence-corrected chi connectivity index (χ4v) is 3.87. The first kappa shape index (κ1) is 14.6. The molecule has 1 saturated heterocycles. The van der Waals surface area contributed by atoms with Crippen LogP contribution in [0, 0.1) is 5.92 Å². The molecule has 2 aliphatic rings. The second-order valence-electron chi connectivity index (χ2n) is 6.75. The zero-order valence-electron chi connectivity index (χ0n) is 13.6. The Morgan fingerprint density at radius 2 is 2.05 bits per heavy atom. The van der Waals surface area contributed by atoms with Crippen molar-refractivity contribution in [2.75, 3.05) is 23.3 Å². The van der Waals surface area contributed by atoms with Crippen molar-refractivity contribution < 1.29 is 0 Å². The summed E-state index contributed by atoms with van der Waals surface area (Å²) in [6, 6.07) is 2.86. The molecule has 0 spiro atoms. The topological polar surface area (TPSA) is 41.0 Å². The van der Waals surface area contributed by atoms with Gasteiger partial charge in [-0.25, -0.2) is 9.97 Å². The van der Waals surface area contributed by atoms with Crippen LogP contribution < -0.4 is 10.2 Å². The molecule has 0 radical (unpaired) electrons. The van der Waals surface area contributed by atoms with Gasteiger partial charge in [0.05, 0.1) is 0 Å². The highest BCUT2D eigenvalue weighted by Crippen LogP contribution is 2.39. The van der Waals surface area contributed by atoms with Crippen molar-refractivity contribution >= 4 is 11.6 Å². The highest BCUT2D eigenvalue weighted by molar-refractivity contribution is 5.51. The number of anilines is 2. The molecular formula is C17H28N4. The molecule has 4 nitrogen and oxygen atoms in total. The molecule has 3 rings (SSSR count). The quantitative estimate of drug-likeness (QED) is 0.915. The Morgan fingerprint density at radius 3 is 2.81 bits per heavy atom. The largest absolute Gasteiger partial charge is 0.370 e. The van der Waals surface area contributed by atoms with Crippen LogP contribution in [0.1, 0.15) is 64.6 Å². The Labute approximate surface area is 128 Å². The fourth-order valence-electron chi connectivity index (χ4n) is 3.87. The van der Waals surface area contributed by atoms with E-state index in [0.717, 1.165) is 36.5 Å². The van der Waals surface area contributed by atoms with Crippen molar-refractivity contribution in [2.45, 2.75) is 64.8 Å². The minimum Gasteiger partial charge on any atom is -0.370 e. The van der Waals surface area contributed by atoms with E-state index in [1.165, 1.54) is 32.1 Å². The van der Waals surface area contributed by atoms with Crippen LogP contribution in [0.15, 0.2) is 6.07 Å². The number of hydrogen-bond acceptors (Lipinski definition) is 4. The average Bonchev–Trinajstić information content (AvgIpc) is 2.95. The summed E-state index contributed by atoms with van der Waals surface area (Å²) >= 11 is 0. The molecule has 1 aromatic heterocycles. The molecule has 1 N–H and O–H groups in total. The van der Waals surface area contributed by atoms with E-state index in [-0.39, 0.29) is 0 Å². The monoisotopic (exact) mass is 288 g/mol. The number of fused-ring (bicyclic) bond motifs is 1. The standard InChI is InChI=1S/C17H28N4/c1-4-18-15-11-16(20-17(19-15)12(2)3)21-10-6-8-13-7-5-9-14(13)21/h11-14H,4-10H2,1-3H3,(H,18,19,20). The van der Waals surface area contributed by atoms with Crippen molar-refractivity contribution in [3.63, 3.8) is 0 Å². The summed E-state index contributed by atoms with van der Waals surface area (Å²) in [7, 11) is 0. The molecule has 1 aromatic rings. The van der Waals surface area contributed by atoms with Crippen LogP contribution in [0.3, 0.4) is 0 Å². The molecule has 116 valence electrons. The minimum absolute atomic E-state index is 0.367. The Morgan fingerprint density at radius 1 is 1.24 bits per heavy atom. The van der Waals surface area contributed by atoms with Crippen molar-refractivity contribution in [3.05, 3.63) is 11.9 Å². The molecule has 4 heteroatoms. The van der Waals surface area contributed by atoms with Crippen molar-refractivity contribution in [2.24, 2.45) is 5.92 Å². The lowest BCUT2D eigenvalue weighted by atomic mass is 9.92. The number of aromatic nitrogens is 2. The molecule has 2 heterocycles. The molecule has 2 unspecified atom stereocenters. The first-order valence-electron chi connectivity index (χ1n) is 8.58. The normalized spacial score (nSPS) is 25.2. The van der Waals surface area contributed by atoms with Gasteiger partial charge in [-0.2, -0.15) is 0 Å². The second-order valence-corrected chi connectivity index (χ2v) is 6.75. The van der Waals surface area contributed by atoms with Gasteiger partial charge in [0.25, 0.3) is 0 Å². The van der Waals surface area contributed by atoms with E-state index in [0.29, 0.717) is 12.0 Å². The highest BCUT2D eigenvalue weighted by atomic mass is 15.2. The SMILES string of the molecule is CCNc1cc(N2CCCC3CCCC32)nc(C(C)C)n1. The fraction of sp³-hybridized carbons (Fsp3) is 0.765. The lowest BCUT2D eigenvalue weighted by Gasteiger charge is -2.39. The van der Waals surface area contributed by atoms with Gasteiger partial charge >= 0.3 is 0 Å². The number of rotatable bonds is 4. The molecule has 0 bridgehead atoms. The van der Waals surface area contributed by atoms with Gasteiger partial charge in [0.1, 0.15) is 17.5 Å². The van der Waals surface area contributed by atoms with Gasteiger partial charge in [0.15, 0.2) is 0 Å². The summed E-state index contributed by atoms with van der Waals surface area (Å²) < 4.78 is 0. The van der Waals surface area contributed by atoms with Crippen LogP contribution in [0.25, 0.3) is 0 Å². The van der Waals surface area contributed by atoms with Gasteiger partial charge in [0.2, 0.25) is 0 Å². The Hall–Kier alpha value is -1.32. The molecule has 2 fully saturated rings. The highest BCUT2D eigenvalue weighted by Gasteiger charge is 2.35. The molecular weight excluding hydrogens is 260 g/mol. The van der Waals surface area contributed by atoms with Gasteiger partial charge in [-0.1, -0.05) is 20.3 Å². The maximum Gasteiger partial charge on any atom is 0.135 e. The molecule has 21 heavy (non-hydrogen) atoms. The van der Waals surface area contributed by atoms with Gasteiger partial charge in [-0.05, 0) is 38.5 Å². The van der Waals surface area contributed by atoms with Crippen LogP contribution in [0.5, 0.6) is 0 Å². The lowest BCUT2D eigenvalue weighted by Crippen LogP contribution is -2.43. The van der Waals surface area contributed by atoms with E-state index in [1.807, 2.05) is 0 Å². The summed E-state index contributed by atoms with van der Waals surface area (Å²) in [4.78, 5) is 12.1. The summed E-state index contributed by atoms with van der Waals surface area (Å²) in [5.74, 6) is 4.33. The molecule has 0 amide bonds. The van der Waals surface area contributed by atoms with Crippen molar-refractivity contribution in [3.8, 4) is 0 Å². The van der Waals surface area contributed by atoms with Crippen LogP contribution in [-0.2, 0) is 0 Å². The number of nitrogens with one attached hydrogen (secondary N) is 1. The molecule has 2 atom stereocenters. The second kappa shape index (κ2) is 6.20. The smallest absolute Gasteiger partial charge is 0.135 e. The Bertz CT molecular complexity index is 486. The van der Waals surface area contributed by atoms with E-state index >= 15 is 0 Å². The Kier molecular flexibility index (Phi) is 4.32. The Balaban J connectivity index is 1.92. The van der Waals surface area contributed by atoms with Crippen molar-refractivity contribution in [1.82, 2.24) is 9.97 Å². The minimum atomic E-state index is 0.367. The third-order valence-electron chi connectivity index (χ3n) is 4.89. The zero-order chi connectivity index (χ0) is 14.8. The maximum absolute atomic E-state index is 4.87. The number of piperidine rings is 1. The van der Waals surface area contributed by atoms with Crippen LogP contribution in [0.2, 0.25) is 0 Å². The molecule has 0 aromatic carbocycles. The first-order valence-corrected chi connectivity index (χ1v) is 8.58. The first-order chi connectivity index (χ1) is 10.2. The van der Waals surface area contributed by atoms with Gasteiger partial charge in [-0.3, -0.25) is 0 Å². The molecule has 1 aliphatic carbocycles. The summed E-state index contributed by atoms with van der Waals surface area (Å²) in [6.45, 7) is 8.51. The summed E-state index contributed by atoms with van der Waals surface area (Å²) in [5.41, 5.74) is 0. The number of nitrogens with zero attached hydrogens (tertiary/aromatic N) is 3. The molecule has 1 saturated carbocycles. The van der Waals surface area contributed by atoms with E-state index in [9.17, 15) is 0 Å². The van der Waals surface area contributed by atoms with Crippen LogP contribution in [-0.4, -0.2) is 29.1 Å². The van der Waals surface area contributed by atoms with Crippen LogP contribution >= 0.6 is 0 Å². The summed E-state index contributed by atoms with van der Waals surface area (Å²) in [6.07, 6.45) is 6.83. The zero-order valence-corrected chi connectivity index (χ0v) is 13.6. The lowest BCUT2D eigenvalue weighted by molar-refractivity contribution is 0.360. The van der Waals surface area contributed by atoms with E-state index < -0.39 is 0 Å². The van der Waals surface area contributed by atoms with Crippen molar-refractivity contribution in [1.29, 1.82) is 0 Å². The summed E-state index contributed by atoms with van der Waals surface area (Å²) in [5, 5.41) is 3.36. The predicted molar refractivity (Wildman–Crippen MR) is 88.0 cm³/mol. The third-order valence-corrected chi connectivity index (χ3v) is 4.89. The predicted octanol–water partition coefficient (Wildman–Crippen LogP) is 3.80. The van der Waals surface area contributed by atoms with Gasteiger partial charge in [0, 0.05) is 31.1 Å². The van der Waals surface area contributed by atoms with Gasteiger partial charge < -0.3 is 10.2 Å². The average molecular weight is 288 g/mol. The van der Waals surface area contributed by atoms with E-state index in [4.69, 9.17) is 4.98 Å². The molecule has 1 aliphatic heterocycles. The van der Waals surface area contributed by atoms with E-state index in [2.05, 4.69) is 42.0 Å². The number of hydrogen-bond donors (Lipinski definition) is 1. The van der Waals surface area contributed by atoms with Gasteiger partial charge in [-0.15, -0.1) is 0 Å². The maximum atomic E-state index is 4.87. The van der Waals surface area contributed by atoms with E-state index in [1.54, 1.807) is 0 Å².